The molecule has 2 aliphatic rings. The van der Waals surface area contributed by atoms with E-state index in [4.69, 9.17) is 0 Å². The van der Waals surface area contributed by atoms with Crippen LogP contribution < -0.4 is 10.2 Å². The number of amides is 1. The van der Waals surface area contributed by atoms with Gasteiger partial charge in [-0.25, -0.2) is 4.98 Å². The largest absolute Gasteiger partial charge is 0.368 e. The Morgan fingerprint density at radius 1 is 1.22 bits per heavy atom. The van der Waals surface area contributed by atoms with Crippen LogP contribution in [0.5, 0.6) is 0 Å². The van der Waals surface area contributed by atoms with Crippen LogP contribution in [0.1, 0.15) is 62.6 Å². The average Bonchev–Trinajstić information content (AvgIpc) is 3.18. The lowest BCUT2D eigenvalue weighted by Gasteiger charge is -2.40. The molecule has 1 aromatic heterocycles. The Kier molecular flexibility index (Phi) is 6.09. The first kappa shape index (κ1) is 20.1. The normalized spacial score (nSPS) is 24.3. The van der Waals surface area contributed by atoms with Crippen molar-refractivity contribution in [2.24, 2.45) is 11.3 Å². The van der Waals surface area contributed by atoms with E-state index in [0.717, 1.165) is 43.8 Å². The van der Waals surface area contributed by atoms with E-state index in [0.29, 0.717) is 11.1 Å². The van der Waals surface area contributed by atoms with Gasteiger partial charge in [-0.3, -0.25) is 9.69 Å². The molecule has 0 radical (unpaired) electrons. The van der Waals surface area contributed by atoms with E-state index in [2.05, 4.69) is 46.9 Å². The minimum atomic E-state index is -0.125. The topological polar surface area (TPSA) is 48.5 Å². The molecule has 2 unspecified atom stereocenters. The highest BCUT2D eigenvalue weighted by Crippen LogP contribution is 2.43. The number of nitrogens with one attached hydrogen (secondary N) is 1. The number of hydrogen-bond donors (Lipinski definition) is 1. The van der Waals surface area contributed by atoms with Crippen molar-refractivity contribution in [3.63, 3.8) is 0 Å². The van der Waals surface area contributed by atoms with Crippen LogP contribution in [0.15, 0.2) is 12.1 Å². The highest BCUT2D eigenvalue weighted by Gasteiger charge is 2.37. The molecule has 3 rings (SSSR count). The van der Waals surface area contributed by atoms with Gasteiger partial charge in [0.15, 0.2) is 0 Å². The molecule has 5 nitrogen and oxygen atoms in total. The van der Waals surface area contributed by atoms with Crippen molar-refractivity contribution in [1.82, 2.24) is 15.2 Å². The van der Waals surface area contributed by atoms with Crippen molar-refractivity contribution in [1.29, 1.82) is 0 Å². The van der Waals surface area contributed by atoms with Gasteiger partial charge < -0.3 is 10.2 Å². The van der Waals surface area contributed by atoms with Crippen molar-refractivity contribution in [2.75, 3.05) is 38.1 Å². The second-order valence-corrected chi connectivity index (χ2v) is 8.91. The Labute approximate surface area is 164 Å². The van der Waals surface area contributed by atoms with Gasteiger partial charge in [0.05, 0.1) is 11.4 Å². The molecule has 1 saturated carbocycles. The summed E-state index contributed by atoms with van der Waals surface area (Å²) in [5.41, 5.74) is 3.08. The number of carbonyl (C=O) groups excluding carboxylic acids is 1. The third kappa shape index (κ3) is 4.29. The van der Waals surface area contributed by atoms with Crippen molar-refractivity contribution in [2.45, 2.75) is 59.4 Å². The number of piperazine rings is 1. The van der Waals surface area contributed by atoms with E-state index in [1.54, 1.807) is 7.05 Å². The van der Waals surface area contributed by atoms with Crippen LogP contribution in [-0.2, 0) is 0 Å². The predicted molar refractivity (Wildman–Crippen MR) is 111 cm³/mol. The van der Waals surface area contributed by atoms with E-state index in [9.17, 15) is 4.79 Å². The number of aryl methyl sites for hydroxylation is 1. The molecule has 1 aliphatic carbocycles. The molecule has 1 N–H and O–H groups in total. The SMILES string of the molecule is CCC(C)(C)C1CCC(N2CCN(c3ccc(C(=O)NC)nc3C)CC2)C1. The Morgan fingerprint density at radius 3 is 2.52 bits per heavy atom. The molecular formula is C22H36N4O. The molecule has 2 heterocycles. The summed E-state index contributed by atoms with van der Waals surface area (Å²) in [5.74, 6) is 0.745. The van der Waals surface area contributed by atoms with Crippen LogP contribution in [0.4, 0.5) is 5.69 Å². The highest BCUT2D eigenvalue weighted by molar-refractivity contribution is 5.92. The molecule has 1 amide bonds. The van der Waals surface area contributed by atoms with Crippen LogP contribution in [0, 0.1) is 18.3 Å². The van der Waals surface area contributed by atoms with Crippen molar-refractivity contribution in [3.05, 3.63) is 23.5 Å². The second kappa shape index (κ2) is 8.17. The van der Waals surface area contributed by atoms with Crippen LogP contribution >= 0.6 is 0 Å². The first-order valence-electron chi connectivity index (χ1n) is 10.5. The van der Waals surface area contributed by atoms with E-state index in [1.165, 1.54) is 31.4 Å². The highest BCUT2D eigenvalue weighted by atomic mass is 16.1. The first-order valence-corrected chi connectivity index (χ1v) is 10.5. The number of hydrogen-bond acceptors (Lipinski definition) is 4. The molecule has 0 bridgehead atoms. The minimum Gasteiger partial charge on any atom is -0.368 e. The average molecular weight is 373 g/mol. The number of carbonyl (C=O) groups is 1. The van der Waals surface area contributed by atoms with Crippen molar-refractivity contribution < 1.29 is 4.79 Å². The quantitative estimate of drug-likeness (QED) is 0.860. The zero-order chi connectivity index (χ0) is 19.6. The fourth-order valence-electron chi connectivity index (χ4n) is 4.76. The fourth-order valence-corrected chi connectivity index (χ4v) is 4.76. The number of rotatable bonds is 5. The summed E-state index contributed by atoms with van der Waals surface area (Å²) in [6.45, 7) is 13.5. The standard InChI is InChI=1S/C22H36N4O/c1-6-22(3,4)17-7-8-18(15-17)25-11-13-26(14-12-25)20-10-9-19(21(27)23-5)24-16(20)2/h9-10,17-18H,6-8,11-15H2,1-5H3,(H,23,27). The molecule has 2 fully saturated rings. The van der Waals surface area contributed by atoms with Crippen LogP contribution in [0.3, 0.4) is 0 Å². The van der Waals surface area contributed by atoms with Crippen molar-refractivity contribution in [3.8, 4) is 0 Å². The third-order valence-corrected chi connectivity index (χ3v) is 7.11. The first-order chi connectivity index (χ1) is 12.9. The lowest BCUT2D eigenvalue weighted by Crippen LogP contribution is -2.50. The zero-order valence-electron chi connectivity index (χ0n) is 17.7. The maximum Gasteiger partial charge on any atom is 0.269 e. The summed E-state index contributed by atoms with van der Waals surface area (Å²) in [7, 11) is 1.64. The minimum absolute atomic E-state index is 0.125. The van der Waals surface area contributed by atoms with Gasteiger partial charge in [0, 0.05) is 39.3 Å². The summed E-state index contributed by atoms with van der Waals surface area (Å²) < 4.78 is 0. The zero-order valence-corrected chi connectivity index (χ0v) is 17.7. The maximum absolute atomic E-state index is 11.8. The molecular weight excluding hydrogens is 336 g/mol. The summed E-state index contributed by atoms with van der Waals surface area (Å²) in [6.07, 6.45) is 5.38. The smallest absolute Gasteiger partial charge is 0.269 e. The maximum atomic E-state index is 11.8. The Hall–Kier alpha value is -1.62. The van der Waals surface area contributed by atoms with Crippen molar-refractivity contribution >= 4 is 11.6 Å². The van der Waals surface area contributed by atoms with Crippen LogP contribution in [-0.4, -0.2) is 55.1 Å². The summed E-state index contributed by atoms with van der Waals surface area (Å²) in [5, 5.41) is 2.64. The molecule has 150 valence electrons. The van der Waals surface area contributed by atoms with E-state index >= 15 is 0 Å². The fraction of sp³-hybridized carbons (Fsp3) is 0.727. The molecule has 1 saturated heterocycles. The third-order valence-electron chi connectivity index (χ3n) is 7.11. The number of nitrogens with zero attached hydrogens (tertiary/aromatic N) is 3. The Balaban J connectivity index is 1.57. The lowest BCUT2D eigenvalue weighted by molar-refractivity contribution is 0.0958. The number of pyridine rings is 1. The summed E-state index contributed by atoms with van der Waals surface area (Å²) in [6, 6.07) is 4.65. The molecule has 0 spiro atoms. The molecule has 0 aromatic carbocycles. The van der Waals surface area contributed by atoms with Gasteiger partial charge in [-0.05, 0) is 49.7 Å². The van der Waals surface area contributed by atoms with E-state index in [-0.39, 0.29) is 5.91 Å². The summed E-state index contributed by atoms with van der Waals surface area (Å²) in [4.78, 5) is 21.4. The molecule has 1 aliphatic heterocycles. The van der Waals surface area contributed by atoms with Gasteiger partial charge in [0.1, 0.15) is 5.69 Å². The van der Waals surface area contributed by atoms with Gasteiger partial charge >= 0.3 is 0 Å². The number of anilines is 1. The van der Waals surface area contributed by atoms with Gasteiger partial charge in [0.25, 0.3) is 5.91 Å². The Morgan fingerprint density at radius 2 is 1.93 bits per heavy atom. The van der Waals surface area contributed by atoms with Gasteiger partial charge in [-0.1, -0.05) is 27.2 Å². The van der Waals surface area contributed by atoms with Gasteiger partial charge in [0.2, 0.25) is 0 Å². The van der Waals surface area contributed by atoms with Gasteiger partial charge in [-0.2, -0.15) is 0 Å². The molecule has 1 aromatic rings. The van der Waals surface area contributed by atoms with Crippen LogP contribution in [0.25, 0.3) is 0 Å². The lowest BCUT2D eigenvalue weighted by atomic mass is 9.76. The van der Waals surface area contributed by atoms with Gasteiger partial charge in [-0.15, -0.1) is 0 Å². The molecule has 2 atom stereocenters. The monoisotopic (exact) mass is 372 g/mol. The molecule has 5 heteroatoms. The summed E-state index contributed by atoms with van der Waals surface area (Å²) >= 11 is 0. The van der Waals surface area contributed by atoms with Crippen LogP contribution in [0.2, 0.25) is 0 Å². The van der Waals surface area contributed by atoms with E-state index < -0.39 is 0 Å². The number of aromatic nitrogens is 1. The molecule has 27 heavy (non-hydrogen) atoms. The Bertz CT molecular complexity index is 664. The second-order valence-electron chi connectivity index (χ2n) is 8.91. The predicted octanol–water partition coefficient (Wildman–Crippen LogP) is 3.48. The van der Waals surface area contributed by atoms with E-state index in [1.807, 2.05) is 13.0 Å².